The van der Waals surface area contributed by atoms with Crippen molar-refractivity contribution < 1.29 is 18.3 Å². The van der Waals surface area contributed by atoms with E-state index in [0.717, 1.165) is 0 Å². The predicted octanol–water partition coefficient (Wildman–Crippen LogP) is -0.892. The van der Waals surface area contributed by atoms with Gasteiger partial charge in [0.25, 0.3) is 0 Å². The third-order valence-corrected chi connectivity index (χ3v) is 1.67. The van der Waals surface area contributed by atoms with Crippen LogP contribution >= 0.6 is 0 Å². The molecule has 0 rings (SSSR count). The lowest BCUT2D eigenvalue weighted by Crippen LogP contribution is -2.39. The van der Waals surface area contributed by atoms with Gasteiger partial charge in [0.05, 0.1) is 0 Å². The fraction of sp³-hybridized carbons (Fsp3) is 0.667. The first-order valence-electron chi connectivity index (χ1n) is 2.48. The zero-order valence-electron chi connectivity index (χ0n) is 5.29. The van der Waals surface area contributed by atoms with Crippen molar-refractivity contribution in [1.29, 1.82) is 0 Å². The molecular formula is C3H8N2O4S. The van der Waals surface area contributed by atoms with Crippen LogP contribution in [0.1, 0.15) is 6.92 Å². The van der Waals surface area contributed by atoms with Gasteiger partial charge in [-0.05, 0) is 0 Å². The van der Waals surface area contributed by atoms with Gasteiger partial charge in [0, 0.05) is 6.54 Å². The molecule has 0 aromatic carbocycles. The fourth-order valence-electron chi connectivity index (χ4n) is 0.341. The van der Waals surface area contributed by atoms with Crippen molar-refractivity contribution in [3.8, 4) is 0 Å². The lowest BCUT2D eigenvalue weighted by molar-refractivity contribution is 0.201. The molecule has 7 heteroatoms. The highest BCUT2D eigenvalue weighted by Crippen LogP contribution is 1.74. The average molecular weight is 168 g/mol. The molecule has 0 saturated heterocycles. The lowest BCUT2D eigenvalue weighted by Gasteiger charge is -2.00. The summed E-state index contributed by atoms with van der Waals surface area (Å²) in [5, 5.41) is 7.95. The molecule has 10 heavy (non-hydrogen) atoms. The van der Waals surface area contributed by atoms with Gasteiger partial charge in [-0.1, -0.05) is 6.92 Å². The van der Waals surface area contributed by atoms with E-state index in [2.05, 4.69) is 0 Å². The molecule has 0 unspecified atom stereocenters. The van der Waals surface area contributed by atoms with Gasteiger partial charge in [0.1, 0.15) is 0 Å². The summed E-state index contributed by atoms with van der Waals surface area (Å²) >= 11 is 0. The molecule has 0 aliphatic carbocycles. The van der Waals surface area contributed by atoms with Crippen LogP contribution in [0.2, 0.25) is 0 Å². The molecule has 0 saturated carbocycles. The Bertz CT molecular complexity index is 209. The smallest absolute Gasteiger partial charge is 0.419 e. The van der Waals surface area contributed by atoms with Gasteiger partial charge in [0.15, 0.2) is 0 Å². The minimum atomic E-state index is -3.83. The minimum Gasteiger partial charge on any atom is -0.464 e. The average Bonchev–Trinajstić information content (AvgIpc) is 1.59. The summed E-state index contributed by atoms with van der Waals surface area (Å²) < 4.78 is 24.1. The Balaban J connectivity index is 4.02. The van der Waals surface area contributed by atoms with Crippen LogP contribution in [0.5, 0.6) is 0 Å². The monoisotopic (exact) mass is 168 g/mol. The highest BCUT2D eigenvalue weighted by Gasteiger charge is 2.09. The second-order valence-corrected chi connectivity index (χ2v) is 2.91. The van der Waals surface area contributed by atoms with Crippen LogP contribution in [0.3, 0.4) is 0 Å². The van der Waals surface area contributed by atoms with E-state index < -0.39 is 16.3 Å². The summed E-state index contributed by atoms with van der Waals surface area (Å²) in [4.78, 5) is 9.76. The van der Waals surface area contributed by atoms with E-state index in [1.807, 2.05) is 4.72 Å². The van der Waals surface area contributed by atoms with Gasteiger partial charge >= 0.3 is 16.3 Å². The maximum atomic E-state index is 10.4. The number of hydrogen-bond acceptors (Lipinski definition) is 3. The van der Waals surface area contributed by atoms with Crippen LogP contribution < -0.4 is 9.44 Å². The van der Waals surface area contributed by atoms with Gasteiger partial charge < -0.3 is 5.11 Å². The van der Waals surface area contributed by atoms with E-state index in [1.165, 1.54) is 4.72 Å². The van der Waals surface area contributed by atoms with E-state index in [-0.39, 0.29) is 6.54 Å². The Morgan fingerprint density at radius 1 is 1.60 bits per heavy atom. The first kappa shape index (κ1) is 9.18. The highest BCUT2D eigenvalue weighted by molar-refractivity contribution is 7.88. The molecule has 0 aromatic heterocycles. The van der Waals surface area contributed by atoms with E-state index in [9.17, 15) is 13.2 Å². The summed E-state index contributed by atoms with van der Waals surface area (Å²) in [6.45, 7) is 1.70. The lowest BCUT2D eigenvalue weighted by atomic mass is 10.8. The second kappa shape index (κ2) is 3.37. The summed E-state index contributed by atoms with van der Waals surface area (Å²) in [5.74, 6) is 0. The maximum absolute atomic E-state index is 10.4. The second-order valence-electron chi connectivity index (χ2n) is 1.41. The number of carbonyl (C=O) groups is 1. The van der Waals surface area contributed by atoms with E-state index in [1.54, 1.807) is 6.92 Å². The molecule has 0 bridgehead atoms. The Labute approximate surface area is 58.4 Å². The highest BCUT2D eigenvalue weighted by atomic mass is 32.2. The molecule has 0 fully saturated rings. The van der Waals surface area contributed by atoms with Crippen molar-refractivity contribution in [2.45, 2.75) is 6.92 Å². The number of hydrogen-bond donors (Lipinski definition) is 3. The molecule has 0 spiro atoms. The molecule has 60 valence electrons. The zero-order valence-corrected chi connectivity index (χ0v) is 6.10. The molecule has 6 nitrogen and oxygen atoms in total. The van der Waals surface area contributed by atoms with Crippen LogP contribution in [-0.2, 0) is 10.2 Å². The van der Waals surface area contributed by atoms with Gasteiger partial charge in [0.2, 0.25) is 0 Å². The van der Waals surface area contributed by atoms with Crippen molar-refractivity contribution in [2.24, 2.45) is 0 Å². The normalized spacial score (nSPS) is 10.9. The Morgan fingerprint density at radius 3 is 2.40 bits per heavy atom. The number of amides is 1. The molecule has 0 aliphatic rings. The molecule has 0 atom stereocenters. The third kappa shape index (κ3) is 4.10. The molecule has 0 radical (unpaired) electrons. The molecule has 3 N–H and O–H groups in total. The van der Waals surface area contributed by atoms with Gasteiger partial charge in [-0.25, -0.2) is 9.52 Å². The quantitative estimate of drug-likeness (QED) is 0.509. The summed E-state index contributed by atoms with van der Waals surface area (Å²) in [7, 11) is -3.83. The zero-order chi connectivity index (χ0) is 8.20. The predicted molar refractivity (Wildman–Crippen MR) is 33.8 cm³/mol. The largest absolute Gasteiger partial charge is 0.464 e. The van der Waals surface area contributed by atoms with Crippen LogP contribution in [0.25, 0.3) is 0 Å². The van der Waals surface area contributed by atoms with Crippen LogP contribution in [0, 0.1) is 0 Å². The van der Waals surface area contributed by atoms with Crippen LogP contribution in [0.15, 0.2) is 0 Å². The SMILES string of the molecule is CCNS(=O)(=O)NC(=O)O. The van der Waals surface area contributed by atoms with E-state index in [4.69, 9.17) is 5.11 Å². The summed E-state index contributed by atoms with van der Waals surface area (Å²) in [6.07, 6.45) is -1.60. The summed E-state index contributed by atoms with van der Waals surface area (Å²) in [6, 6.07) is 0. The molecule has 0 aromatic rings. The van der Waals surface area contributed by atoms with Crippen molar-refractivity contribution in [2.75, 3.05) is 6.54 Å². The Morgan fingerprint density at radius 2 is 2.10 bits per heavy atom. The van der Waals surface area contributed by atoms with Gasteiger partial charge in [-0.15, -0.1) is 0 Å². The molecular weight excluding hydrogens is 160 g/mol. The Hall–Kier alpha value is -0.820. The standard InChI is InChI=1S/C3H8N2O4S/c1-2-4-10(8,9)5-3(6)7/h4-5H,2H2,1H3,(H,6,7). The van der Waals surface area contributed by atoms with Crippen molar-refractivity contribution in [1.82, 2.24) is 9.44 Å². The van der Waals surface area contributed by atoms with E-state index >= 15 is 0 Å². The minimum absolute atomic E-state index is 0.155. The molecule has 1 amide bonds. The van der Waals surface area contributed by atoms with Crippen LogP contribution in [-0.4, -0.2) is 26.2 Å². The van der Waals surface area contributed by atoms with Crippen LogP contribution in [0.4, 0.5) is 4.79 Å². The van der Waals surface area contributed by atoms with Gasteiger partial charge in [-0.3, -0.25) is 0 Å². The third-order valence-electron chi connectivity index (χ3n) is 0.556. The Kier molecular flexibility index (Phi) is 3.10. The number of nitrogens with one attached hydrogen (secondary N) is 2. The maximum Gasteiger partial charge on any atom is 0.419 e. The first-order valence-corrected chi connectivity index (χ1v) is 3.96. The topological polar surface area (TPSA) is 95.5 Å². The van der Waals surface area contributed by atoms with Gasteiger partial charge in [-0.2, -0.15) is 13.1 Å². The number of carboxylic acid groups (broad SMARTS) is 1. The van der Waals surface area contributed by atoms with Crippen molar-refractivity contribution >= 4 is 16.3 Å². The fourth-order valence-corrected chi connectivity index (χ4v) is 1.02. The molecule has 0 heterocycles. The van der Waals surface area contributed by atoms with E-state index in [0.29, 0.717) is 0 Å². The molecule has 0 aliphatic heterocycles. The summed E-state index contributed by atoms with van der Waals surface area (Å²) in [5.41, 5.74) is 0. The number of rotatable bonds is 3. The van der Waals surface area contributed by atoms with Crippen molar-refractivity contribution in [3.05, 3.63) is 0 Å². The van der Waals surface area contributed by atoms with Crippen molar-refractivity contribution in [3.63, 3.8) is 0 Å². The first-order chi connectivity index (χ1) is 4.48.